The van der Waals surface area contributed by atoms with Gasteiger partial charge in [-0.2, -0.15) is 0 Å². The van der Waals surface area contributed by atoms with Crippen LogP contribution in [0.4, 0.5) is 0 Å². The van der Waals surface area contributed by atoms with Gasteiger partial charge in [-0.3, -0.25) is 4.99 Å². The Balaban J connectivity index is 0.00000484. The molecule has 0 aliphatic heterocycles. The molecule has 1 rings (SSSR count). The van der Waals surface area contributed by atoms with Crippen LogP contribution in [0.3, 0.4) is 0 Å². The van der Waals surface area contributed by atoms with E-state index in [2.05, 4.69) is 34.5 Å². The zero-order chi connectivity index (χ0) is 16.2. The molecule has 0 fully saturated rings. The smallest absolute Gasteiger partial charge is 0.213 e. The van der Waals surface area contributed by atoms with Crippen molar-refractivity contribution in [2.75, 3.05) is 33.9 Å². The van der Waals surface area contributed by atoms with Gasteiger partial charge in [-0.15, -0.1) is 24.0 Å². The highest BCUT2D eigenvalue weighted by atomic mass is 127. The molecule has 0 atom stereocenters. The number of pyridine rings is 1. The molecule has 0 bridgehead atoms. The van der Waals surface area contributed by atoms with Gasteiger partial charge in [-0.25, -0.2) is 4.98 Å². The van der Waals surface area contributed by atoms with Crippen molar-refractivity contribution in [1.29, 1.82) is 0 Å². The van der Waals surface area contributed by atoms with Gasteiger partial charge in [0.05, 0.1) is 7.11 Å². The maximum Gasteiger partial charge on any atom is 0.213 e. The molecular formula is C16H29IN4O2. The first-order valence-corrected chi connectivity index (χ1v) is 7.67. The van der Waals surface area contributed by atoms with E-state index in [0.717, 1.165) is 37.7 Å². The highest BCUT2D eigenvalue weighted by molar-refractivity contribution is 14.0. The van der Waals surface area contributed by atoms with Gasteiger partial charge in [0.15, 0.2) is 5.96 Å². The summed E-state index contributed by atoms with van der Waals surface area (Å²) in [5.74, 6) is 1.98. The molecule has 0 spiro atoms. The fourth-order valence-electron chi connectivity index (χ4n) is 1.78. The van der Waals surface area contributed by atoms with Gasteiger partial charge < -0.3 is 20.1 Å². The zero-order valence-corrected chi connectivity index (χ0v) is 16.8. The van der Waals surface area contributed by atoms with Gasteiger partial charge in [0.1, 0.15) is 0 Å². The number of hydrogen-bond donors (Lipinski definition) is 2. The minimum Gasteiger partial charge on any atom is -0.481 e. The molecule has 132 valence electrons. The molecule has 1 heterocycles. The largest absolute Gasteiger partial charge is 0.481 e. The third-order valence-electron chi connectivity index (χ3n) is 2.90. The summed E-state index contributed by atoms with van der Waals surface area (Å²) in [5, 5.41) is 6.53. The van der Waals surface area contributed by atoms with Crippen LogP contribution in [0.25, 0.3) is 0 Å². The Hall–Kier alpha value is -1.09. The van der Waals surface area contributed by atoms with Crippen molar-refractivity contribution in [3.63, 3.8) is 0 Å². The Kier molecular flexibility index (Phi) is 12.7. The van der Waals surface area contributed by atoms with Crippen molar-refractivity contribution >= 4 is 29.9 Å². The topological polar surface area (TPSA) is 67.8 Å². The van der Waals surface area contributed by atoms with E-state index in [4.69, 9.17) is 9.47 Å². The first-order chi connectivity index (χ1) is 10.7. The van der Waals surface area contributed by atoms with E-state index >= 15 is 0 Å². The summed E-state index contributed by atoms with van der Waals surface area (Å²) in [7, 11) is 3.37. The molecule has 1 aromatic heterocycles. The minimum absolute atomic E-state index is 0. The van der Waals surface area contributed by atoms with Crippen LogP contribution < -0.4 is 15.4 Å². The number of ether oxygens (including phenoxy) is 2. The minimum atomic E-state index is 0. The van der Waals surface area contributed by atoms with Crippen LogP contribution in [0.15, 0.2) is 23.3 Å². The molecule has 6 nitrogen and oxygen atoms in total. The third-order valence-corrected chi connectivity index (χ3v) is 2.90. The second-order valence-electron chi connectivity index (χ2n) is 5.38. The highest BCUT2D eigenvalue weighted by Gasteiger charge is 2.00. The number of nitrogens with one attached hydrogen (secondary N) is 2. The summed E-state index contributed by atoms with van der Waals surface area (Å²) in [6, 6.07) is 3.85. The molecular weight excluding hydrogens is 407 g/mol. The number of aliphatic imine (C=N–C) groups is 1. The summed E-state index contributed by atoms with van der Waals surface area (Å²) in [6.45, 7) is 7.39. The van der Waals surface area contributed by atoms with Crippen LogP contribution in [0, 0.1) is 5.92 Å². The van der Waals surface area contributed by atoms with Crippen LogP contribution in [0.5, 0.6) is 5.88 Å². The van der Waals surface area contributed by atoms with Gasteiger partial charge in [0.25, 0.3) is 0 Å². The second kappa shape index (κ2) is 13.4. The van der Waals surface area contributed by atoms with Crippen molar-refractivity contribution in [3.05, 3.63) is 23.9 Å². The molecule has 0 aromatic carbocycles. The van der Waals surface area contributed by atoms with Gasteiger partial charge >= 0.3 is 0 Å². The lowest BCUT2D eigenvalue weighted by Crippen LogP contribution is -2.37. The van der Waals surface area contributed by atoms with E-state index in [1.165, 1.54) is 0 Å². The number of halogens is 1. The van der Waals surface area contributed by atoms with Crippen molar-refractivity contribution in [2.24, 2.45) is 10.9 Å². The lowest BCUT2D eigenvalue weighted by molar-refractivity contribution is 0.108. The van der Waals surface area contributed by atoms with E-state index in [1.807, 2.05) is 12.1 Å². The van der Waals surface area contributed by atoms with E-state index in [-0.39, 0.29) is 24.0 Å². The number of guanidine groups is 1. The van der Waals surface area contributed by atoms with Crippen LogP contribution in [-0.4, -0.2) is 44.9 Å². The number of methoxy groups -OCH3 is 1. The molecule has 0 aliphatic carbocycles. The van der Waals surface area contributed by atoms with Gasteiger partial charge in [0, 0.05) is 45.6 Å². The Morgan fingerprint density at radius 2 is 2.13 bits per heavy atom. The number of hydrogen-bond acceptors (Lipinski definition) is 4. The summed E-state index contributed by atoms with van der Waals surface area (Å²) in [6.07, 6.45) is 2.69. The molecule has 0 radical (unpaired) electrons. The van der Waals surface area contributed by atoms with Crippen molar-refractivity contribution in [3.8, 4) is 5.88 Å². The Morgan fingerprint density at radius 3 is 2.78 bits per heavy atom. The van der Waals surface area contributed by atoms with E-state index in [0.29, 0.717) is 18.3 Å². The summed E-state index contributed by atoms with van der Waals surface area (Å²) in [5.41, 5.74) is 1.09. The SMILES string of the molecule is CN=C(NCCCOCC(C)C)NCc1ccnc(OC)c1.I. The van der Waals surface area contributed by atoms with Gasteiger partial charge in [-0.05, 0) is 24.0 Å². The summed E-state index contributed by atoms with van der Waals surface area (Å²) in [4.78, 5) is 8.28. The average Bonchev–Trinajstić information content (AvgIpc) is 2.53. The number of aromatic nitrogens is 1. The number of nitrogens with zero attached hydrogens (tertiary/aromatic N) is 2. The maximum absolute atomic E-state index is 5.54. The molecule has 1 aromatic rings. The van der Waals surface area contributed by atoms with Crippen molar-refractivity contribution < 1.29 is 9.47 Å². The number of rotatable bonds is 9. The van der Waals surface area contributed by atoms with Crippen LogP contribution in [0.1, 0.15) is 25.8 Å². The maximum atomic E-state index is 5.54. The average molecular weight is 436 g/mol. The van der Waals surface area contributed by atoms with Gasteiger partial charge in [-0.1, -0.05) is 13.8 Å². The zero-order valence-electron chi connectivity index (χ0n) is 14.5. The van der Waals surface area contributed by atoms with Crippen molar-refractivity contribution in [2.45, 2.75) is 26.8 Å². The van der Waals surface area contributed by atoms with E-state index in [9.17, 15) is 0 Å². The molecule has 7 heteroatoms. The summed E-state index contributed by atoms with van der Waals surface area (Å²) < 4.78 is 10.7. The van der Waals surface area contributed by atoms with Crippen molar-refractivity contribution in [1.82, 2.24) is 15.6 Å². The Bertz CT molecular complexity index is 455. The Morgan fingerprint density at radius 1 is 1.35 bits per heavy atom. The normalized spacial score (nSPS) is 11.1. The molecule has 2 N–H and O–H groups in total. The van der Waals surface area contributed by atoms with E-state index < -0.39 is 0 Å². The van der Waals surface area contributed by atoms with Crippen LogP contribution in [0.2, 0.25) is 0 Å². The van der Waals surface area contributed by atoms with E-state index in [1.54, 1.807) is 20.4 Å². The first-order valence-electron chi connectivity index (χ1n) is 7.67. The monoisotopic (exact) mass is 436 g/mol. The first kappa shape index (κ1) is 21.9. The molecule has 23 heavy (non-hydrogen) atoms. The quantitative estimate of drug-likeness (QED) is 0.270. The lowest BCUT2D eigenvalue weighted by Gasteiger charge is -2.12. The molecule has 0 unspecified atom stereocenters. The fraction of sp³-hybridized carbons (Fsp3) is 0.625. The summed E-state index contributed by atoms with van der Waals surface area (Å²) >= 11 is 0. The third kappa shape index (κ3) is 10.3. The highest BCUT2D eigenvalue weighted by Crippen LogP contribution is 2.07. The molecule has 0 saturated heterocycles. The molecule has 0 aliphatic rings. The second-order valence-corrected chi connectivity index (χ2v) is 5.38. The standard InChI is InChI=1S/C16H28N4O2.HI/c1-13(2)12-22-9-5-7-19-16(17-3)20-11-14-6-8-18-15(10-14)21-4;/h6,8,10,13H,5,7,9,11-12H2,1-4H3,(H2,17,19,20);1H. The molecule has 0 saturated carbocycles. The van der Waals surface area contributed by atoms with Crippen LogP contribution >= 0.6 is 24.0 Å². The molecule has 0 amide bonds. The van der Waals surface area contributed by atoms with Gasteiger partial charge in [0.2, 0.25) is 5.88 Å². The predicted molar refractivity (Wildman–Crippen MR) is 105 cm³/mol. The predicted octanol–water partition coefficient (Wildman–Crippen LogP) is 2.44. The Labute approximate surface area is 156 Å². The fourth-order valence-corrected chi connectivity index (χ4v) is 1.78. The lowest BCUT2D eigenvalue weighted by atomic mass is 10.2. The van der Waals surface area contributed by atoms with Crippen LogP contribution in [-0.2, 0) is 11.3 Å².